The van der Waals surface area contributed by atoms with Crippen molar-refractivity contribution in [2.24, 2.45) is 5.41 Å². The van der Waals surface area contributed by atoms with Crippen molar-refractivity contribution in [1.82, 2.24) is 0 Å². The van der Waals surface area contributed by atoms with Crippen LogP contribution in [0.2, 0.25) is 19.6 Å². The Hall–Kier alpha value is -2.33. The number of rotatable bonds is 7. The molecule has 144 valence electrons. The average molecular weight is 383 g/mol. The lowest BCUT2D eigenvalue weighted by atomic mass is 9.74. The molecular formula is C23H30O3Si. The minimum absolute atomic E-state index is 0.183. The van der Waals surface area contributed by atoms with Gasteiger partial charge >= 0.3 is 5.97 Å². The third-order valence-electron chi connectivity index (χ3n) is 4.44. The van der Waals surface area contributed by atoms with Crippen LogP contribution >= 0.6 is 0 Å². The van der Waals surface area contributed by atoms with Crippen molar-refractivity contribution in [3.8, 4) is 0 Å². The van der Waals surface area contributed by atoms with Crippen LogP contribution in [0, 0.1) is 5.41 Å². The summed E-state index contributed by atoms with van der Waals surface area (Å²) in [4.78, 5) is 12.6. The summed E-state index contributed by atoms with van der Waals surface area (Å²) < 4.78 is 11.5. The molecule has 0 bridgehead atoms. The first-order valence-electron chi connectivity index (χ1n) is 9.25. The number of esters is 1. The van der Waals surface area contributed by atoms with Crippen LogP contribution in [0.1, 0.15) is 30.9 Å². The summed E-state index contributed by atoms with van der Waals surface area (Å²) >= 11 is 0. The number of hydrogen-bond acceptors (Lipinski definition) is 3. The highest BCUT2D eigenvalue weighted by atomic mass is 28.4. The Balaban J connectivity index is 2.62. The summed E-state index contributed by atoms with van der Waals surface area (Å²) in [5.74, 6) is 0.395. The number of methoxy groups -OCH3 is 1. The van der Waals surface area contributed by atoms with Crippen LogP contribution < -0.4 is 0 Å². The number of allylic oxidation sites excluding steroid dienone is 1. The Labute approximate surface area is 164 Å². The predicted molar refractivity (Wildman–Crippen MR) is 114 cm³/mol. The summed E-state index contributed by atoms with van der Waals surface area (Å²) in [5, 5.41) is 0. The Morgan fingerprint density at radius 1 is 0.963 bits per heavy atom. The molecule has 0 saturated carbocycles. The summed E-state index contributed by atoms with van der Waals surface area (Å²) in [6.45, 7) is 10.3. The fourth-order valence-electron chi connectivity index (χ4n) is 3.04. The fourth-order valence-corrected chi connectivity index (χ4v) is 3.89. The molecule has 0 saturated heterocycles. The van der Waals surface area contributed by atoms with Crippen LogP contribution in [0.15, 0.2) is 66.7 Å². The van der Waals surface area contributed by atoms with E-state index in [1.807, 2.05) is 74.5 Å². The van der Waals surface area contributed by atoms with Crippen molar-refractivity contribution in [3.63, 3.8) is 0 Å². The summed E-state index contributed by atoms with van der Waals surface area (Å²) in [6.07, 6.45) is 2.08. The summed E-state index contributed by atoms with van der Waals surface area (Å²) in [7, 11) is -0.413. The smallest absolute Gasteiger partial charge is 0.312 e. The van der Waals surface area contributed by atoms with Crippen LogP contribution in [0.25, 0.3) is 5.76 Å². The van der Waals surface area contributed by atoms with Crippen molar-refractivity contribution >= 4 is 20.0 Å². The van der Waals surface area contributed by atoms with E-state index in [4.69, 9.17) is 9.16 Å². The van der Waals surface area contributed by atoms with Gasteiger partial charge in [-0.05, 0) is 45.1 Å². The van der Waals surface area contributed by atoms with Crippen LogP contribution in [-0.4, -0.2) is 21.4 Å². The molecule has 0 heterocycles. The molecule has 27 heavy (non-hydrogen) atoms. The van der Waals surface area contributed by atoms with E-state index in [2.05, 4.69) is 25.7 Å². The zero-order valence-corrected chi connectivity index (χ0v) is 18.2. The Kier molecular flexibility index (Phi) is 6.66. The third kappa shape index (κ3) is 5.57. The van der Waals surface area contributed by atoms with Gasteiger partial charge in [-0.2, -0.15) is 0 Å². The van der Waals surface area contributed by atoms with E-state index >= 15 is 0 Å². The zero-order chi connectivity index (χ0) is 20.1. The lowest BCUT2D eigenvalue weighted by molar-refractivity contribution is -0.151. The van der Waals surface area contributed by atoms with E-state index in [0.29, 0.717) is 0 Å². The van der Waals surface area contributed by atoms with E-state index in [0.717, 1.165) is 16.9 Å². The van der Waals surface area contributed by atoms with Crippen molar-refractivity contribution < 1.29 is 14.0 Å². The predicted octanol–water partition coefficient (Wildman–Crippen LogP) is 5.86. The number of carbonyl (C=O) groups is 1. The highest BCUT2D eigenvalue weighted by molar-refractivity contribution is 6.70. The molecular weight excluding hydrogens is 352 g/mol. The fraction of sp³-hybridized carbons (Fsp3) is 0.348. The molecule has 2 aromatic rings. The number of hydrogen-bond donors (Lipinski definition) is 0. The molecule has 4 heteroatoms. The molecule has 0 radical (unpaired) electrons. The SMILES string of the molecule is COC(=O)C(C)(C)C(/C=C(/O[Si](C)(C)C)c1ccccc1)c1ccccc1. The third-order valence-corrected chi connectivity index (χ3v) is 5.27. The highest BCUT2D eigenvalue weighted by Gasteiger charge is 2.38. The van der Waals surface area contributed by atoms with Gasteiger partial charge in [0.25, 0.3) is 0 Å². The molecule has 2 aromatic carbocycles. The second kappa shape index (κ2) is 8.57. The van der Waals surface area contributed by atoms with E-state index in [9.17, 15) is 4.79 Å². The molecule has 0 aliphatic heterocycles. The lowest BCUT2D eigenvalue weighted by Crippen LogP contribution is -2.32. The second-order valence-electron chi connectivity index (χ2n) is 8.21. The molecule has 0 aromatic heterocycles. The molecule has 1 atom stereocenters. The first kappa shape index (κ1) is 21.0. The summed E-state index contributed by atoms with van der Waals surface area (Å²) in [6, 6.07) is 20.1. The number of benzene rings is 2. The highest BCUT2D eigenvalue weighted by Crippen LogP contribution is 2.40. The Bertz CT molecular complexity index is 774. The molecule has 2 rings (SSSR count). The Morgan fingerprint density at radius 2 is 1.48 bits per heavy atom. The van der Waals surface area contributed by atoms with Crippen molar-refractivity contribution in [3.05, 3.63) is 77.9 Å². The zero-order valence-electron chi connectivity index (χ0n) is 17.2. The standard InChI is InChI=1S/C23H30O3Si/c1-23(2,22(24)25-3)20(18-13-9-7-10-14-18)17-21(26-27(4,5)6)19-15-11-8-12-16-19/h7-17,20H,1-6H3/b21-17+. The van der Waals surface area contributed by atoms with Crippen LogP contribution in [0.3, 0.4) is 0 Å². The molecule has 0 N–H and O–H groups in total. The van der Waals surface area contributed by atoms with Gasteiger partial charge in [0.15, 0.2) is 0 Å². The Morgan fingerprint density at radius 3 is 1.96 bits per heavy atom. The monoisotopic (exact) mass is 382 g/mol. The number of carbonyl (C=O) groups excluding carboxylic acids is 1. The van der Waals surface area contributed by atoms with E-state index in [-0.39, 0.29) is 11.9 Å². The van der Waals surface area contributed by atoms with Gasteiger partial charge < -0.3 is 9.16 Å². The van der Waals surface area contributed by atoms with Gasteiger partial charge in [-0.15, -0.1) is 0 Å². The topological polar surface area (TPSA) is 35.5 Å². The van der Waals surface area contributed by atoms with Crippen molar-refractivity contribution in [2.75, 3.05) is 7.11 Å². The van der Waals surface area contributed by atoms with Gasteiger partial charge in [0, 0.05) is 11.5 Å². The largest absolute Gasteiger partial charge is 0.544 e. The van der Waals surface area contributed by atoms with E-state index in [1.54, 1.807) is 0 Å². The minimum Gasteiger partial charge on any atom is -0.544 e. The van der Waals surface area contributed by atoms with Gasteiger partial charge in [0.1, 0.15) is 5.76 Å². The maximum absolute atomic E-state index is 12.6. The molecule has 1 unspecified atom stereocenters. The van der Waals surface area contributed by atoms with Crippen LogP contribution in [0.4, 0.5) is 0 Å². The van der Waals surface area contributed by atoms with Gasteiger partial charge in [-0.25, -0.2) is 0 Å². The van der Waals surface area contributed by atoms with E-state index < -0.39 is 13.7 Å². The van der Waals surface area contributed by atoms with Crippen molar-refractivity contribution in [1.29, 1.82) is 0 Å². The first-order chi connectivity index (χ1) is 12.6. The average Bonchev–Trinajstić information content (AvgIpc) is 2.64. The quantitative estimate of drug-likeness (QED) is 0.342. The van der Waals surface area contributed by atoms with Gasteiger partial charge in [-0.1, -0.05) is 60.7 Å². The van der Waals surface area contributed by atoms with Crippen LogP contribution in [0.5, 0.6) is 0 Å². The van der Waals surface area contributed by atoms with Gasteiger partial charge in [0.05, 0.1) is 12.5 Å². The molecule has 0 amide bonds. The lowest BCUT2D eigenvalue weighted by Gasteiger charge is -2.32. The molecule has 3 nitrogen and oxygen atoms in total. The maximum atomic E-state index is 12.6. The second-order valence-corrected chi connectivity index (χ2v) is 12.6. The molecule has 0 spiro atoms. The van der Waals surface area contributed by atoms with Gasteiger partial charge in [0.2, 0.25) is 8.32 Å². The van der Waals surface area contributed by atoms with E-state index in [1.165, 1.54) is 7.11 Å². The minimum atomic E-state index is -1.85. The number of ether oxygens (including phenoxy) is 1. The molecule has 0 aliphatic rings. The normalized spacial score (nSPS) is 13.8. The van der Waals surface area contributed by atoms with Crippen LogP contribution in [-0.2, 0) is 14.0 Å². The first-order valence-corrected chi connectivity index (χ1v) is 12.7. The van der Waals surface area contributed by atoms with Crippen molar-refractivity contribution in [2.45, 2.75) is 39.4 Å². The summed E-state index contributed by atoms with van der Waals surface area (Å²) in [5.41, 5.74) is 1.33. The van der Waals surface area contributed by atoms with Gasteiger partial charge in [-0.3, -0.25) is 4.79 Å². The maximum Gasteiger partial charge on any atom is 0.312 e. The molecule has 0 fully saturated rings. The molecule has 0 aliphatic carbocycles.